The smallest absolute Gasteiger partial charge is 0.387 e. The average molecular weight is 378 g/mol. The number of methoxy groups -OCH3 is 1. The minimum atomic E-state index is -2.88. The molecule has 2 rings (SSSR count). The molecule has 0 aromatic heterocycles. The maximum atomic E-state index is 12.4. The predicted octanol–water partition coefficient (Wildman–Crippen LogP) is 3.44. The van der Waals surface area contributed by atoms with Crippen molar-refractivity contribution < 1.29 is 27.8 Å². The molecule has 0 unspecified atom stereocenters. The van der Waals surface area contributed by atoms with E-state index in [1.807, 2.05) is 0 Å². The highest BCUT2D eigenvalue weighted by Crippen LogP contribution is 2.25. The highest BCUT2D eigenvalue weighted by atomic mass is 19.3. The van der Waals surface area contributed by atoms with Crippen LogP contribution in [0.5, 0.6) is 17.2 Å². The van der Waals surface area contributed by atoms with Gasteiger partial charge in [-0.1, -0.05) is 0 Å². The third-order valence-electron chi connectivity index (χ3n) is 3.52. The molecule has 27 heavy (non-hydrogen) atoms. The number of halogens is 2. The summed E-state index contributed by atoms with van der Waals surface area (Å²) in [4.78, 5) is 11.8. The van der Waals surface area contributed by atoms with Gasteiger partial charge in [0.05, 0.1) is 13.3 Å². The minimum absolute atomic E-state index is 0.138. The van der Waals surface area contributed by atoms with Gasteiger partial charge in [0.15, 0.2) is 6.61 Å². The number of nitrogens with one attached hydrogen (secondary N) is 1. The molecule has 0 aliphatic rings. The molecule has 1 amide bonds. The summed E-state index contributed by atoms with van der Waals surface area (Å²) in [7, 11) is 1.56. The summed E-state index contributed by atoms with van der Waals surface area (Å²) in [6.45, 7) is 0.224. The first-order chi connectivity index (χ1) is 12.9. The largest absolute Gasteiger partial charge is 0.497 e. The molecule has 144 valence electrons. The third-order valence-corrected chi connectivity index (χ3v) is 3.52. The van der Waals surface area contributed by atoms with E-state index < -0.39 is 12.5 Å². The van der Waals surface area contributed by atoms with Crippen molar-refractivity contribution in [2.24, 2.45) is 5.10 Å². The molecule has 0 atom stereocenters. The van der Waals surface area contributed by atoms with Crippen LogP contribution in [-0.4, -0.2) is 32.4 Å². The van der Waals surface area contributed by atoms with Gasteiger partial charge in [0.25, 0.3) is 5.91 Å². The molecule has 0 radical (unpaired) electrons. The van der Waals surface area contributed by atoms with Gasteiger partial charge in [-0.3, -0.25) is 4.79 Å². The van der Waals surface area contributed by atoms with Gasteiger partial charge in [-0.15, -0.1) is 0 Å². The van der Waals surface area contributed by atoms with E-state index in [9.17, 15) is 13.6 Å². The standard InChI is InChI=1S/C19H20F2N2O4/c1-12-8-14(9-13(2)18(12)27-19(20)21)10-22-23-17(24)11-26-16-6-4-15(25-3)5-7-16/h4-10,19H,11H2,1-3H3,(H,23,24)/b22-10-. The Labute approximate surface area is 155 Å². The Morgan fingerprint density at radius 2 is 1.74 bits per heavy atom. The van der Waals surface area contributed by atoms with E-state index in [4.69, 9.17) is 9.47 Å². The van der Waals surface area contributed by atoms with Crippen molar-refractivity contribution in [2.75, 3.05) is 13.7 Å². The quantitative estimate of drug-likeness (QED) is 0.564. The highest BCUT2D eigenvalue weighted by Gasteiger charge is 2.11. The van der Waals surface area contributed by atoms with Crippen LogP contribution < -0.4 is 19.6 Å². The SMILES string of the molecule is COc1ccc(OCC(=O)N/N=C\c2cc(C)c(OC(F)F)c(C)c2)cc1. The summed E-state index contributed by atoms with van der Waals surface area (Å²) in [5, 5.41) is 3.84. The third kappa shape index (κ3) is 6.25. The van der Waals surface area contributed by atoms with Crippen LogP contribution in [-0.2, 0) is 4.79 Å². The second-order valence-corrected chi connectivity index (χ2v) is 5.62. The Hall–Kier alpha value is -3.16. The Balaban J connectivity index is 1.87. The zero-order chi connectivity index (χ0) is 19.8. The molecule has 0 bridgehead atoms. The van der Waals surface area contributed by atoms with Crippen LogP contribution in [0.2, 0.25) is 0 Å². The Morgan fingerprint density at radius 1 is 1.15 bits per heavy atom. The van der Waals surface area contributed by atoms with Crippen molar-refractivity contribution >= 4 is 12.1 Å². The van der Waals surface area contributed by atoms with Gasteiger partial charge in [0.2, 0.25) is 0 Å². The van der Waals surface area contributed by atoms with Crippen LogP contribution in [0, 0.1) is 13.8 Å². The number of benzene rings is 2. The van der Waals surface area contributed by atoms with Gasteiger partial charge in [0, 0.05) is 0 Å². The molecule has 0 saturated carbocycles. The number of nitrogens with zero attached hydrogens (tertiary/aromatic N) is 1. The summed E-state index contributed by atoms with van der Waals surface area (Å²) < 4.78 is 39.6. The number of hydrogen-bond donors (Lipinski definition) is 1. The number of amides is 1. The zero-order valence-corrected chi connectivity index (χ0v) is 15.2. The van der Waals surface area contributed by atoms with Gasteiger partial charge in [0.1, 0.15) is 17.2 Å². The van der Waals surface area contributed by atoms with Crippen molar-refractivity contribution in [3.63, 3.8) is 0 Å². The number of carbonyl (C=O) groups excluding carboxylic acids is 1. The number of hydrazone groups is 1. The average Bonchev–Trinajstić information content (AvgIpc) is 2.63. The summed E-state index contributed by atoms with van der Waals surface area (Å²) in [5.74, 6) is 0.912. The summed E-state index contributed by atoms with van der Waals surface area (Å²) in [5.41, 5.74) is 4.08. The molecule has 0 aliphatic heterocycles. The zero-order valence-electron chi connectivity index (χ0n) is 15.2. The number of aryl methyl sites for hydroxylation is 2. The van der Waals surface area contributed by atoms with Gasteiger partial charge in [-0.25, -0.2) is 5.43 Å². The number of ether oxygens (including phenoxy) is 3. The minimum Gasteiger partial charge on any atom is -0.497 e. The maximum absolute atomic E-state index is 12.4. The molecule has 0 saturated heterocycles. The Kier molecular flexibility index (Phi) is 7.10. The van der Waals surface area contributed by atoms with Gasteiger partial charge in [-0.05, 0) is 66.9 Å². The molecular formula is C19H20F2N2O4. The first kappa shape index (κ1) is 20.2. The fourth-order valence-electron chi connectivity index (χ4n) is 2.37. The molecule has 8 heteroatoms. The van der Waals surface area contributed by atoms with E-state index in [0.717, 1.165) is 0 Å². The number of alkyl halides is 2. The highest BCUT2D eigenvalue weighted by molar-refractivity contribution is 5.83. The molecule has 0 aliphatic carbocycles. The van der Waals surface area contributed by atoms with Crippen LogP contribution in [0.3, 0.4) is 0 Å². The van der Waals surface area contributed by atoms with E-state index in [2.05, 4.69) is 15.3 Å². The Bertz CT molecular complexity index is 785. The summed E-state index contributed by atoms with van der Waals surface area (Å²) in [6.07, 6.45) is 1.41. The number of hydrogen-bond acceptors (Lipinski definition) is 5. The van der Waals surface area contributed by atoms with E-state index >= 15 is 0 Å². The van der Waals surface area contributed by atoms with Gasteiger partial charge in [-0.2, -0.15) is 13.9 Å². The second kappa shape index (κ2) is 9.51. The first-order valence-electron chi connectivity index (χ1n) is 8.04. The summed E-state index contributed by atoms with van der Waals surface area (Å²) in [6, 6.07) is 10.1. The van der Waals surface area contributed by atoms with Crippen molar-refractivity contribution in [3.8, 4) is 17.2 Å². The lowest BCUT2D eigenvalue weighted by Crippen LogP contribution is -2.24. The normalized spacial score (nSPS) is 10.9. The van der Waals surface area contributed by atoms with Crippen LogP contribution in [0.1, 0.15) is 16.7 Å². The van der Waals surface area contributed by atoms with E-state index in [-0.39, 0.29) is 12.4 Å². The van der Waals surface area contributed by atoms with Crippen molar-refractivity contribution in [3.05, 3.63) is 53.1 Å². The molecular weight excluding hydrogens is 358 g/mol. The predicted molar refractivity (Wildman–Crippen MR) is 96.8 cm³/mol. The van der Waals surface area contributed by atoms with Crippen LogP contribution >= 0.6 is 0 Å². The monoisotopic (exact) mass is 378 g/mol. The summed E-state index contributed by atoms with van der Waals surface area (Å²) >= 11 is 0. The van der Waals surface area contributed by atoms with Gasteiger partial charge < -0.3 is 14.2 Å². The van der Waals surface area contributed by atoms with Crippen molar-refractivity contribution in [2.45, 2.75) is 20.5 Å². The fraction of sp³-hybridized carbons (Fsp3) is 0.263. The van der Waals surface area contributed by atoms with Crippen LogP contribution in [0.15, 0.2) is 41.5 Å². The topological polar surface area (TPSA) is 69.2 Å². The molecule has 0 fully saturated rings. The van der Waals surface area contributed by atoms with Crippen LogP contribution in [0.4, 0.5) is 8.78 Å². The lowest BCUT2D eigenvalue weighted by atomic mass is 10.1. The molecule has 0 heterocycles. The van der Waals surface area contributed by atoms with Crippen molar-refractivity contribution in [1.82, 2.24) is 5.43 Å². The number of carbonyl (C=O) groups is 1. The van der Waals surface area contributed by atoms with Gasteiger partial charge >= 0.3 is 6.61 Å². The van der Waals surface area contributed by atoms with E-state index in [1.54, 1.807) is 57.4 Å². The van der Waals surface area contributed by atoms with E-state index in [1.165, 1.54) is 6.21 Å². The lowest BCUT2D eigenvalue weighted by Gasteiger charge is -2.11. The second-order valence-electron chi connectivity index (χ2n) is 5.62. The molecule has 2 aromatic carbocycles. The molecule has 1 N–H and O–H groups in total. The van der Waals surface area contributed by atoms with Crippen molar-refractivity contribution in [1.29, 1.82) is 0 Å². The number of rotatable bonds is 8. The Morgan fingerprint density at radius 3 is 2.30 bits per heavy atom. The fourth-order valence-corrected chi connectivity index (χ4v) is 2.37. The molecule has 0 spiro atoms. The molecule has 6 nitrogen and oxygen atoms in total. The molecule has 2 aromatic rings. The van der Waals surface area contributed by atoms with E-state index in [0.29, 0.717) is 28.2 Å². The maximum Gasteiger partial charge on any atom is 0.387 e. The first-order valence-corrected chi connectivity index (χ1v) is 8.04. The van der Waals surface area contributed by atoms with Crippen LogP contribution in [0.25, 0.3) is 0 Å². The lowest BCUT2D eigenvalue weighted by molar-refractivity contribution is -0.123.